The Morgan fingerprint density at radius 3 is 2.88 bits per heavy atom. The van der Waals surface area contributed by atoms with Gasteiger partial charge in [0.15, 0.2) is 0 Å². The standard InChI is InChI=1S/C19H22N4O3/c1-12(2)18-20-8-7-16(22-18)19(25)21-13-9-17(24)23(11-13)14-5-4-6-15(10-14)26-3/h4-8,10,12-13H,9,11H2,1-3H3,(H,21,25). The Kier molecular flexibility index (Phi) is 5.16. The van der Waals surface area contributed by atoms with E-state index in [1.807, 2.05) is 32.0 Å². The number of nitrogens with zero attached hydrogens (tertiary/aromatic N) is 3. The van der Waals surface area contributed by atoms with Crippen molar-refractivity contribution in [3.8, 4) is 5.75 Å². The topological polar surface area (TPSA) is 84.4 Å². The lowest BCUT2D eigenvalue weighted by molar-refractivity contribution is -0.117. The van der Waals surface area contributed by atoms with Crippen molar-refractivity contribution in [1.29, 1.82) is 0 Å². The molecule has 0 saturated carbocycles. The van der Waals surface area contributed by atoms with Crippen molar-refractivity contribution in [2.45, 2.75) is 32.2 Å². The van der Waals surface area contributed by atoms with Crippen LogP contribution >= 0.6 is 0 Å². The first kappa shape index (κ1) is 17.8. The van der Waals surface area contributed by atoms with Crippen molar-refractivity contribution in [3.63, 3.8) is 0 Å². The van der Waals surface area contributed by atoms with Crippen LogP contribution in [0.1, 0.15) is 42.5 Å². The van der Waals surface area contributed by atoms with Crippen molar-refractivity contribution < 1.29 is 14.3 Å². The van der Waals surface area contributed by atoms with Crippen molar-refractivity contribution in [1.82, 2.24) is 15.3 Å². The zero-order chi connectivity index (χ0) is 18.7. The number of rotatable bonds is 5. The van der Waals surface area contributed by atoms with E-state index in [0.717, 1.165) is 5.69 Å². The van der Waals surface area contributed by atoms with E-state index in [2.05, 4.69) is 15.3 Å². The molecule has 1 aromatic heterocycles. The SMILES string of the molecule is COc1cccc(N2CC(NC(=O)c3ccnc(C(C)C)n3)CC2=O)c1. The molecule has 1 N–H and O–H groups in total. The first-order valence-electron chi connectivity index (χ1n) is 8.56. The molecule has 2 aromatic rings. The van der Waals surface area contributed by atoms with Crippen LogP contribution in [0.2, 0.25) is 0 Å². The zero-order valence-corrected chi connectivity index (χ0v) is 15.1. The van der Waals surface area contributed by atoms with Gasteiger partial charge in [0.2, 0.25) is 5.91 Å². The number of amides is 2. The van der Waals surface area contributed by atoms with Gasteiger partial charge in [0.25, 0.3) is 5.91 Å². The van der Waals surface area contributed by atoms with Gasteiger partial charge in [-0.05, 0) is 18.2 Å². The molecule has 1 unspecified atom stereocenters. The molecule has 2 heterocycles. The molecule has 1 aromatic carbocycles. The second kappa shape index (κ2) is 7.51. The third kappa shape index (κ3) is 3.82. The molecule has 2 amide bonds. The van der Waals surface area contributed by atoms with Gasteiger partial charge in [0.1, 0.15) is 17.3 Å². The Hall–Kier alpha value is -2.96. The van der Waals surface area contributed by atoms with Crippen LogP contribution in [-0.4, -0.2) is 41.5 Å². The van der Waals surface area contributed by atoms with Crippen LogP contribution < -0.4 is 15.0 Å². The lowest BCUT2D eigenvalue weighted by atomic mass is 10.2. The van der Waals surface area contributed by atoms with Crippen LogP contribution in [0.3, 0.4) is 0 Å². The fourth-order valence-corrected chi connectivity index (χ4v) is 2.87. The van der Waals surface area contributed by atoms with Crippen LogP contribution in [-0.2, 0) is 4.79 Å². The minimum Gasteiger partial charge on any atom is -0.497 e. The van der Waals surface area contributed by atoms with Crippen molar-refractivity contribution in [2.24, 2.45) is 0 Å². The summed E-state index contributed by atoms with van der Waals surface area (Å²) in [4.78, 5) is 35.0. The second-order valence-corrected chi connectivity index (χ2v) is 6.54. The summed E-state index contributed by atoms with van der Waals surface area (Å²) in [5, 5.41) is 2.90. The van der Waals surface area contributed by atoms with Crippen LogP contribution in [0.15, 0.2) is 36.5 Å². The predicted molar refractivity (Wildman–Crippen MR) is 97.3 cm³/mol. The molecule has 1 fully saturated rings. The summed E-state index contributed by atoms with van der Waals surface area (Å²) in [6.45, 7) is 4.36. The lowest BCUT2D eigenvalue weighted by Crippen LogP contribution is -2.37. The summed E-state index contributed by atoms with van der Waals surface area (Å²) in [5.74, 6) is 1.12. The van der Waals surface area contributed by atoms with E-state index in [1.54, 1.807) is 30.3 Å². The van der Waals surface area contributed by atoms with Crippen LogP contribution in [0, 0.1) is 0 Å². The molecule has 0 bridgehead atoms. The lowest BCUT2D eigenvalue weighted by Gasteiger charge is -2.18. The maximum atomic E-state index is 12.5. The molecular formula is C19H22N4O3. The number of carbonyl (C=O) groups excluding carboxylic acids is 2. The second-order valence-electron chi connectivity index (χ2n) is 6.54. The maximum absolute atomic E-state index is 12.5. The van der Waals surface area contributed by atoms with Crippen LogP contribution in [0.5, 0.6) is 5.75 Å². The van der Waals surface area contributed by atoms with Gasteiger partial charge in [0.05, 0.1) is 13.2 Å². The summed E-state index contributed by atoms with van der Waals surface area (Å²) in [7, 11) is 1.58. The monoisotopic (exact) mass is 354 g/mol. The van der Waals surface area contributed by atoms with Gasteiger partial charge in [-0.2, -0.15) is 0 Å². The van der Waals surface area contributed by atoms with E-state index in [9.17, 15) is 9.59 Å². The molecule has 0 radical (unpaired) electrons. The molecule has 0 spiro atoms. The Labute approximate surface area is 152 Å². The fourth-order valence-electron chi connectivity index (χ4n) is 2.87. The van der Waals surface area contributed by atoms with Crippen LogP contribution in [0.4, 0.5) is 5.69 Å². The van der Waals surface area contributed by atoms with E-state index >= 15 is 0 Å². The fraction of sp³-hybridized carbons (Fsp3) is 0.368. The number of hydrogen-bond acceptors (Lipinski definition) is 5. The Morgan fingerprint density at radius 1 is 1.35 bits per heavy atom. The molecule has 7 heteroatoms. The normalized spacial score (nSPS) is 16.8. The minimum absolute atomic E-state index is 0.0332. The van der Waals surface area contributed by atoms with Crippen molar-refractivity contribution in [2.75, 3.05) is 18.6 Å². The molecule has 136 valence electrons. The molecule has 3 rings (SSSR count). The Balaban J connectivity index is 1.69. The highest BCUT2D eigenvalue weighted by molar-refractivity contribution is 5.98. The first-order chi connectivity index (χ1) is 12.5. The number of carbonyl (C=O) groups is 2. The molecule has 26 heavy (non-hydrogen) atoms. The molecular weight excluding hydrogens is 332 g/mol. The average Bonchev–Trinajstić information content (AvgIpc) is 3.02. The summed E-state index contributed by atoms with van der Waals surface area (Å²) >= 11 is 0. The number of benzene rings is 1. The number of hydrogen-bond donors (Lipinski definition) is 1. The van der Waals surface area contributed by atoms with E-state index < -0.39 is 0 Å². The van der Waals surface area contributed by atoms with E-state index in [1.165, 1.54) is 0 Å². The van der Waals surface area contributed by atoms with E-state index in [4.69, 9.17) is 4.74 Å². The van der Waals surface area contributed by atoms with Crippen molar-refractivity contribution >= 4 is 17.5 Å². The van der Waals surface area contributed by atoms with Gasteiger partial charge in [-0.3, -0.25) is 9.59 Å². The largest absolute Gasteiger partial charge is 0.497 e. The van der Waals surface area contributed by atoms with E-state index in [0.29, 0.717) is 23.8 Å². The number of ether oxygens (including phenoxy) is 1. The highest BCUT2D eigenvalue weighted by Crippen LogP contribution is 2.25. The molecule has 7 nitrogen and oxygen atoms in total. The molecule has 1 aliphatic heterocycles. The molecule has 0 aliphatic carbocycles. The molecule has 1 atom stereocenters. The highest BCUT2D eigenvalue weighted by Gasteiger charge is 2.32. The minimum atomic E-state index is -0.292. The quantitative estimate of drug-likeness (QED) is 0.889. The van der Waals surface area contributed by atoms with Crippen molar-refractivity contribution in [3.05, 3.63) is 48.0 Å². The predicted octanol–water partition coefficient (Wildman–Crippen LogP) is 2.14. The van der Waals surface area contributed by atoms with Gasteiger partial charge in [-0.25, -0.2) is 9.97 Å². The van der Waals surface area contributed by atoms with Crippen LogP contribution in [0.25, 0.3) is 0 Å². The smallest absolute Gasteiger partial charge is 0.270 e. The molecule has 1 aliphatic rings. The summed E-state index contributed by atoms with van der Waals surface area (Å²) in [6.07, 6.45) is 1.84. The van der Waals surface area contributed by atoms with E-state index in [-0.39, 0.29) is 30.2 Å². The maximum Gasteiger partial charge on any atom is 0.270 e. The number of methoxy groups -OCH3 is 1. The summed E-state index contributed by atoms with van der Waals surface area (Å²) in [6, 6.07) is 8.63. The number of nitrogens with one attached hydrogen (secondary N) is 1. The Bertz CT molecular complexity index is 822. The third-order valence-electron chi connectivity index (χ3n) is 4.25. The third-order valence-corrected chi connectivity index (χ3v) is 4.25. The highest BCUT2D eigenvalue weighted by atomic mass is 16.5. The first-order valence-corrected chi connectivity index (χ1v) is 8.56. The van der Waals surface area contributed by atoms with Gasteiger partial charge < -0.3 is 15.0 Å². The van der Waals surface area contributed by atoms with Gasteiger partial charge in [-0.15, -0.1) is 0 Å². The summed E-state index contributed by atoms with van der Waals surface area (Å²) in [5.41, 5.74) is 1.08. The van der Waals surface area contributed by atoms with Gasteiger partial charge in [0, 0.05) is 36.8 Å². The zero-order valence-electron chi connectivity index (χ0n) is 15.1. The number of aromatic nitrogens is 2. The molecule has 1 saturated heterocycles. The van der Waals surface area contributed by atoms with Gasteiger partial charge >= 0.3 is 0 Å². The average molecular weight is 354 g/mol. The number of anilines is 1. The summed E-state index contributed by atoms with van der Waals surface area (Å²) < 4.78 is 5.21. The Morgan fingerprint density at radius 2 is 2.15 bits per heavy atom. The van der Waals surface area contributed by atoms with Gasteiger partial charge in [-0.1, -0.05) is 19.9 Å².